The van der Waals surface area contributed by atoms with Gasteiger partial charge in [0.1, 0.15) is 5.69 Å². The molecule has 0 unspecified atom stereocenters. The van der Waals surface area contributed by atoms with Gasteiger partial charge in [0.15, 0.2) is 5.13 Å². The van der Waals surface area contributed by atoms with Gasteiger partial charge in [-0.05, 0) is 44.7 Å². The molecule has 3 heterocycles. The van der Waals surface area contributed by atoms with Gasteiger partial charge in [0.25, 0.3) is 11.6 Å². The third-order valence-corrected chi connectivity index (χ3v) is 7.02. The van der Waals surface area contributed by atoms with E-state index in [0.717, 1.165) is 44.7 Å². The number of benzene rings is 1. The summed E-state index contributed by atoms with van der Waals surface area (Å²) in [5, 5.41) is 16.9. The van der Waals surface area contributed by atoms with E-state index >= 15 is 0 Å². The molecule has 2 fully saturated rings. The summed E-state index contributed by atoms with van der Waals surface area (Å²) in [6, 6.07) is 4.71. The van der Waals surface area contributed by atoms with Crippen molar-refractivity contribution < 1.29 is 14.5 Å². The second-order valence-corrected chi connectivity index (χ2v) is 10.0. The first kappa shape index (κ1) is 23.6. The van der Waals surface area contributed by atoms with Crippen molar-refractivity contribution in [3.63, 3.8) is 0 Å². The minimum absolute atomic E-state index is 0.0346. The highest BCUT2D eigenvalue weighted by atomic mass is 32.1. The standard InChI is InChI=1S/C23H31N5O4S/c1-15-6-8-27(9-7-15)20-5-4-18(10-21(20)28(30)31)22(29)25-23-24-19(14-33-23)13-26-11-16(2)32-17(3)12-26/h4-5,10,14-17H,6-9,11-13H2,1-3H3,(H,24,25,29)/t16-,17-/m1/s1. The number of nitrogens with one attached hydrogen (secondary N) is 1. The topological polar surface area (TPSA) is 101 Å². The number of carbonyl (C=O) groups excluding carboxylic acids is 1. The first-order chi connectivity index (χ1) is 15.8. The SMILES string of the molecule is CC1CCN(c2ccc(C(=O)Nc3nc(CN4C[C@@H](C)O[C@H](C)C4)cs3)cc2[N+](=O)[O-])CC1. The van der Waals surface area contributed by atoms with E-state index in [9.17, 15) is 14.9 Å². The number of ether oxygens (including phenoxy) is 1. The lowest BCUT2D eigenvalue weighted by molar-refractivity contribution is -0.384. The highest BCUT2D eigenvalue weighted by Crippen LogP contribution is 2.32. The van der Waals surface area contributed by atoms with Crippen LogP contribution in [0, 0.1) is 16.0 Å². The average molecular weight is 474 g/mol. The highest BCUT2D eigenvalue weighted by molar-refractivity contribution is 7.14. The Kier molecular flexibility index (Phi) is 7.26. The van der Waals surface area contributed by atoms with Crippen LogP contribution >= 0.6 is 11.3 Å². The molecule has 9 nitrogen and oxygen atoms in total. The van der Waals surface area contributed by atoms with Gasteiger partial charge in [-0.2, -0.15) is 0 Å². The van der Waals surface area contributed by atoms with Crippen LogP contribution < -0.4 is 10.2 Å². The number of carbonyl (C=O) groups is 1. The Balaban J connectivity index is 1.42. The Morgan fingerprint density at radius 3 is 2.61 bits per heavy atom. The zero-order valence-electron chi connectivity index (χ0n) is 19.3. The number of nitro groups is 1. The summed E-state index contributed by atoms with van der Waals surface area (Å²) < 4.78 is 5.77. The summed E-state index contributed by atoms with van der Waals surface area (Å²) in [5.41, 5.74) is 1.68. The van der Waals surface area contributed by atoms with E-state index in [-0.39, 0.29) is 23.5 Å². The van der Waals surface area contributed by atoms with Gasteiger partial charge in [-0.15, -0.1) is 11.3 Å². The van der Waals surface area contributed by atoms with Crippen molar-refractivity contribution in [2.75, 3.05) is 36.4 Å². The van der Waals surface area contributed by atoms with E-state index in [0.29, 0.717) is 23.3 Å². The van der Waals surface area contributed by atoms with Crippen LogP contribution in [0.2, 0.25) is 0 Å². The molecule has 2 atom stereocenters. The lowest BCUT2D eigenvalue weighted by atomic mass is 9.98. The predicted molar refractivity (Wildman–Crippen MR) is 129 cm³/mol. The first-order valence-electron chi connectivity index (χ1n) is 11.5. The predicted octanol–water partition coefficient (Wildman–Crippen LogP) is 4.15. The van der Waals surface area contributed by atoms with Crippen LogP contribution in [0.1, 0.15) is 49.7 Å². The number of anilines is 2. The van der Waals surface area contributed by atoms with Crippen LogP contribution in [-0.4, -0.2) is 59.1 Å². The molecule has 0 aliphatic carbocycles. The second-order valence-electron chi connectivity index (χ2n) is 9.18. The number of nitro benzene ring substituents is 1. The zero-order valence-corrected chi connectivity index (χ0v) is 20.1. The number of hydrogen-bond acceptors (Lipinski definition) is 8. The Morgan fingerprint density at radius 1 is 1.24 bits per heavy atom. The highest BCUT2D eigenvalue weighted by Gasteiger charge is 2.26. The van der Waals surface area contributed by atoms with Gasteiger partial charge in [0.05, 0.1) is 22.8 Å². The smallest absolute Gasteiger partial charge is 0.293 e. The molecule has 0 radical (unpaired) electrons. The fourth-order valence-electron chi connectivity index (χ4n) is 4.58. The summed E-state index contributed by atoms with van der Waals surface area (Å²) in [4.78, 5) is 33.0. The maximum atomic E-state index is 12.8. The molecule has 1 aromatic heterocycles. The Bertz CT molecular complexity index is 994. The van der Waals surface area contributed by atoms with Gasteiger partial charge in [-0.25, -0.2) is 4.98 Å². The average Bonchev–Trinajstić information content (AvgIpc) is 3.19. The van der Waals surface area contributed by atoms with Crippen molar-refractivity contribution in [1.29, 1.82) is 0 Å². The number of rotatable bonds is 6. The van der Waals surface area contributed by atoms with E-state index in [2.05, 4.69) is 36.0 Å². The van der Waals surface area contributed by atoms with Gasteiger partial charge in [-0.3, -0.25) is 25.1 Å². The third-order valence-electron chi connectivity index (χ3n) is 6.21. The van der Waals surface area contributed by atoms with Crippen molar-refractivity contribution in [1.82, 2.24) is 9.88 Å². The third kappa shape index (κ3) is 5.87. The molecule has 178 valence electrons. The largest absolute Gasteiger partial charge is 0.373 e. The fourth-order valence-corrected chi connectivity index (χ4v) is 5.27. The zero-order chi connectivity index (χ0) is 23.5. The van der Waals surface area contributed by atoms with Gasteiger partial charge in [0.2, 0.25) is 0 Å². The van der Waals surface area contributed by atoms with Crippen molar-refractivity contribution in [3.8, 4) is 0 Å². The van der Waals surface area contributed by atoms with Gasteiger partial charge < -0.3 is 9.64 Å². The molecular formula is C23H31N5O4S. The van der Waals surface area contributed by atoms with E-state index in [1.54, 1.807) is 12.1 Å². The molecule has 2 aliphatic heterocycles. The molecule has 1 N–H and O–H groups in total. The monoisotopic (exact) mass is 473 g/mol. The van der Waals surface area contributed by atoms with Gasteiger partial charge in [-0.1, -0.05) is 6.92 Å². The van der Waals surface area contributed by atoms with Crippen molar-refractivity contribution >= 4 is 33.8 Å². The quantitative estimate of drug-likeness (QED) is 0.497. The number of amides is 1. The van der Waals surface area contributed by atoms with E-state index in [4.69, 9.17) is 4.74 Å². The summed E-state index contributed by atoms with van der Waals surface area (Å²) in [5.74, 6) is 0.232. The molecule has 4 rings (SSSR count). The number of morpholine rings is 1. The van der Waals surface area contributed by atoms with Gasteiger partial charge in [0, 0.05) is 49.7 Å². The van der Waals surface area contributed by atoms with E-state index in [1.165, 1.54) is 17.4 Å². The summed E-state index contributed by atoms with van der Waals surface area (Å²) in [7, 11) is 0. The molecule has 33 heavy (non-hydrogen) atoms. The molecule has 0 spiro atoms. The minimum Gasteiger partial charge on any atom is -0.373 e. The van der Waals surface area contributed by atoms with Crippen LogP contribution in [-0.2, 0) is 11.3 Å². The van der Waals surface area contributed by atoms with Gasteiger partial charge >= 0.3 is 0 Å². The molecule has 2 aromatic rings. The lowest BCUT2D eigenvalue weighted by Gasteiger charge is -2.34. The van der Waals surface area contributed by atoms with Crippen molar-refractivity contribution in [2.24, 2.45) is 5.92 Å². The summed E-state index contributed by atoms with van der Waals surface area (Å²) in [6.45, 7) is 10.3. The Labute approximate surface area is 197 Å². The summed E-state index contributed by atoms with van der Waals surface area (Å²) in [6.07, 6.45) is 2.37. The molecular weight excluding hydrogens is 442 g/mol. The van der Waals surface area contributed by atoms with Crippen LogP contribution in [0.3, 0.4) is 0 Å². The lowest BCUT2D eigenvalue weighted by Crippen LogP contribution is -2.44. The molecule has 10 heteroatoms. The Hall–Kier alpha value is -2.56. The fraction of sp³-hybridized carbons (Fsp3) is 0.565. The van der Waals surface area contributed by atoms with Crippen LogP contribution in [0.25, 0.3) is 0 Å². The number of aromatic nitrogens is 1. The molecule has 1 amide bonds. The number of piperidine rings is 1. The normalized spacial score (nSPS) is 22.3. The van der Waals surface area contributed by atoms with Crippen LogP contribution in [0.4, 0.5) is 16.5 Å². The number of thiazole rings is 1. The molecule has 2 saturated heterocycles. The van der Waals surface area contributed by atoms with E-state index < -0.39 is 10.8 Å². The molecule has 0 saturated carbocycles. The first-order valence-corrected chi connectivity index (χ1v) is 12.3. The minimum atomic E-state index is -0.407. The maximum absolute atomic E-state index is 12.8. The molecule has 1 aromatic carbocycles. The summed E-state index contributed by atoms with van der Waals surface area (Å²) >= 11 is 1.36. The Morgan fingerprint density at radius 2 is 1.94 bits per heavy atom. The van der Waals surface area contributed by atoms with Crippen LogP contribution in [0.5, 0.6) is 0 Å². The molecule has 0 bridgehead atoms. The van der Waals surface area contributed by atoms with E-state index in [1.807, 2.05) is 10.3 Å². The van der Waals surface area contributed by atoms with Crippen LogP contribution in [0.15, 0.2) is 23.6 Å². The number of nitrogens with zero attached hydrogens (tertiary/aromatic N) is 4. The number of hydrogen-bond donors (Lipinski definition) is 1. The maximum Gasteiger partial charge on any atom is 0.293 e. The molecule has 2 aliphatic rings. The van der Waals surface area contributed by atoms with Crippen molar-refractivity contribution in [3.05, 3.63) is 45.0 Å². The van der Waals surface area contributed by atoms with Crippen molar-refractivity contribution in [2.45, 2.75) is 52.4 Å². The second kappa shape index (κ2) is 10.1.